The van der Waals surface area contributed by atoms with Crippen LogP contribution in [0.3, 0.4) is 0 Å². The Bertz CT molecular complexity index is 335. The summed E-state index contributed by atoms with van der Waals surface area (Å²) in [5.41, 5.74) is 4.41. The highest BCUT2D eigenvalue weighted by molar-refractivity contribution is 7.73. The van der Waals surface area contributed by atoms with Gasteiger partial charge in [-0.1, -0.05) is 36.4 Å². The van der Waals surface area contributed by atoms with Crippen molar-refractivity contribution in [1.82, 2.24) is 0 Å². The van der Waals surface area contributed by atoms with Gasteiger partial charge in [-0.3, -0.25) is 4.79 Å². The molecule has 1 aromatic carbocycles. The molecule has 1 aromatic rings. The van der Waals surface area contributed by atoms with Gasteiger partial charge in [0, 0.05) is 0 Å². The molecule has 0 heterocycles. The Hall–Kier alpha value is -1.62. The molecule has 0 aliphatic heterocycles. The lowest BCUT2D eigenvalue weighted by Crippen LogP contribution is -2.11. The van der Waals surface area contributed by atoms with E-state index in [0.717, 1.165) is 0 Å². The van der Waals surface area contributed by atoms with Crippen molar-refractivity contribution in [2.75, 3.05) is 0 Å². The van der Waals surface area contributed by atoms with Gasteiger partial charge in [0.25, 0.3) is 5.91 Å². The fraction of sp³-hybridized carbons (Fsp3) is 0. The molecular formula is C8H9NO3S. The molecule has 0 aliphatic rings. The van der Waals surface area contributed by atoms with Gasteiger partial charge in [0.15, 0.2) is 0 Å². The Morgan fingerprint density at radius 3 is 1.38 bits per heavy atom. The zero-order chi connectivity index (χ0) is 10.1. The average Bonchev–Trinajstić information content (AvgIpc) is 2.06. The SMILES string of the molecule is NC(=O)C=S(=O)=O.c1ccccc1. The topological polar surface area (TPSA) is 77.2 Å². The molecule has 2 N–H and O–H groups in total. The van der Waals surface area contributed by atoms with E-state index in [0.29, 0.717) is 5.37 Å². The number of carbonyl (C=O) groups is 1. The average molecular weight is 199 g/mol. The van der Waals surface area contributed by atoms with Crippen LogP contribution in [0.15, 0.2) is 36.4 Å². The first-order chi connectivity index (χ1) is 6.13. The van der Waals surface area contributed by atoms with E-state index in [-0.39, 0.29) is 0 Å². The number of primary amides is 1. The zero-order valence-electron chi connectivity index (χ0n) is 6.75. The third-order valence-corrected chi connectivity index (χ3v) is 1.30. The van der Waals surface area contributed by atoms with Crippen molar-refractivity contribution in [1.29, 1.82) is 0 Å². The summed E-state index contributed by atoms with van der Waals surface area (Å²) < 4.78 is 18.9. The number of amides is 1. The second-order valence-electron chi connectivity index (χ2n) is 1.94. The Morgan fingerprint density at radius 2 is 1.31 bits per heavy atom. The summed E-state index contributed by atoms with van der Waals surface area (Å²) in [6.45, 7) is 0. The van der Waals surface area contributed by atoms with Crippen molar-refractivity contribution in [2.45, 2.75) is 0 Å². The lowest BCUT2D eigenvalue weighted by molar-refractivity contribution is -0.111. The highest BCUT2D eigenvalue weighted by Gasteiger charge is 1.80. The fourth-order valence-corrected chi connectivity index (χ4v) is 0.669. The minimum atomic E-state index is -2.45. The second-order valence-corrected chi connectivity index (χ2v) is 2.69. The largest absolute Gasteiger partial charge is 0.365 e. The van der Waals surface area contributed by atoms with Crippen LogP contribution >= 0.6 is 0 Å². The van der Waals surface area contributed by atoms with E-state index in [4.69, 9.17) is 0 Å². The van der Waals surface area contributed by atoms with Crippen LogP contribution in [0.2, 0.25) is 0 Å². The molecule has 0 saturated heterocycles. The van der Waals surface area contributed by atoms with Crippen molar-refractivity contribution in [3.8, 4) is 0 Å². The fourth-order valence-electron chi connectivity index (χ4n) is 0.480. The molecule has 4 nitrogen and oxygen atoms in total. The quantitative estimate of drug-likeness (QED) is 0.638. The Labute approximate surface area is 77.5 Å². The number of hydrogen-bond acceptors (Lipinski definition) is 3. The Kier molecular flexibility index (Phi) is 6.17. The van der Waals surface area contributed by atoms with Crippen LogP contribution in [-0.4, -0.2) is 19.7 Å². The van der Waals surface area contributed by atoms with E-state index in [1.54, 1.807) is 0 Å². The van der Waals surface area contributed by atoms with Crippen LogP contribution in [0, 0.1) is 0 Å². The number of nitrogens with two attached hydrogens (primary N) is 1. The molecule has 0 radical (unpaired) electrons. The number of carbonyl (C=O) groups excluding carboxylic acids is 1. The lowest BCUT2D eigenvalue weighted by Gasteiger charge is -1.69. The van der Waals surface area contributed by atoms with Gasteiger partial charge in [0.1, 0.15) is 5.37 Å². The molecule has 0 spiro atoms. The van der Waals surface area contributed by atoms with Gasteiger partial charge in [-0.2, -0.15) is 8.42 Å². The van der Waals surface area contributed by atoms with Gasteiger partial charge in [-0.25, -0.2) is 0 Å². The second kappa shape index (κ2) is 7.05. The number of hydrogen-bond donors (Lipinski definition) is 1. The van der Waals surface area contributed by atoms with Crippen LogP contribution in [0.1, 0.15) is 0 Å². The van der Waals surface area contributed by atoms with E-state index < -0.39 is 16.2 Å². The molecule has 0 unspecified atom stereocenters. The van der Waals surface area contributed by atoms with Gasteiger partial charge in [0.2, 0.25) is 10.3 Å². The van der Waals surface area contributed by atoms with Crippen LogP contribution < -0.4 is 5.73 Å². The predicted octanol–water partition coefficient (Wildman–Crippen LogP) is -0.160. The standard InChI is InChI=1S/C6H6.C2H3NO3S/c1-2-4-6-5-3-1;3-2(4)1-7(5)6/h1-6H;1H,(H2,3,4). The molecule has 0 aliphatic carbocycles. The highest BCUT2D eigenvalue weighted by Crippen LogP contribution is 1.79. The Morgan fingerprint density at radius 1 is 1.00 bits per heavy atom. The predicted molar refractivity (Wildman–Crippen MR) is 50.6 cm³/mol. The molecule has 0 bridgehead atoms. The van der Waals surface area contributed by atoms with Crippen molar-refractivity contribution in [2.24, 2.45) is 5.73 Å². The maximum absolute atomic E-state index is 9.58. The number of rotatable bonds is 1. The minimum absolute atomic E-state index is 0.389. The monoisotopic (exact) mass is 199 g/mol. The first-order valence-corrected chi connectivity index (χ1v) is 4.49. The van der Waals surface area contributed by atoms with Crippen molar-refractivity contribution < 1.29 is 13.2 Å². The number of benzene rings is 1. The summed E-state index contributed by atoms with van der Waals surface area (Å²) >= 11 is 0. The van der Waals surface area contributed by atoms with Gasteiger partial charge in [-0.15, -0.1) is 0 Å². The third-order valence-electron chi connectivity index (χ3n) is 0.879. The summed E-state index contributed by atoms with van der Waals surface area (Å²) in [6.07, 6.45) is 0. The van der Waals surface area contributed by atoms with Crippen LogP contribution in [0.4, 0.5) is 0 Å². The summed E-state index contributed by atoms with van der Waals surface area (Å²) in [4.78, 5) is 9.58. The molecule has 1 rings (SSSR count). The summed E-state index contributed by atoms with van der Waals surface area (Å²) in [7, 11) is -2.45. The molecule has 70 valence electrons. The Balaban J connectivity index is 0.000000223. The minimum Gasteiger partial charge on any atom is -0.365 e. The van der Waals surface area contributed by atoms with Crippen molar-refractivity contribution in [3.05, 3.63) is 36.4 Å². The van der Waals surface area contributed by atoms with E-state index in [1.807, 2.05) is 36.4 Å². The molecule has 0 aromatic heterocycles. The molecule has 1 amide bonds. The van der Waals surface area contributed by atoms with E-state index in [1.165, 1.54) is 0 Å². The molecule has 0 saturated carbocycles. The maximum Gasteiger partial charge on any atom is 0.256 e. The van der Waals surface area contributed by atoms with E-state index in [2.05, 4.69) is 5.73 Å². The van der Waals surface area contributed by atoms with Crippen molar-refractivity contribution >= 4 is 21.6 Å². The summed E-state index contributed by atoms with van der Waals surface area (Å²) in [5.74, 6) is -0.951. The smallest absolute Gasteiger partial charge is 0.256 e. The van der Waals surface area contributed by atoms with Gasteiger partial charge < -0.3 is 5.73 Å². The molecular weight excluding hydrogens is 190 g/mol. The van der Waals surface area contributed by atoms with Crippen molar-refractivity contribution in [3.63, 3.8) is 0 Å². The maximum atomic E-state index is 9.58. The van der Waals surface area contributed by atoms with Gasteiger partial charge in [-0.05, 0) is 0 Å². The van der Waals surface area contributed by atoms with Gasteiger partial charge >= 0.3 is 0 Å². The van der Waals surface area contributed by atoms with E-state index in [9.17, 15) is 13.2 Å². The summed E-state index contributed by atoms with van der Waals surface area (Å²) in [6, 6.07) is 12.0. The molecule has 5 heteroatoms. The van der Waals surface area contributed by atoms with Gasteiger partial charge in [0.05, 0.1) is 0 Å². The normalized spacial score (nSPS) is 7.69. The summed E-state index contributed by atoms with van der Waals surface area (Å²) in [5, 5.41) is 0.389. The zero-order valence-corrected chi connectivity index (χ0v) is 7.57. The lowest BCUT2D eigenvalue weighted by atomic mass is 10.4. The third kappa shape index (κ3) is 10.4. The molecule has 13 heavy (non-hydrogen) atoms. The van der Waals surface area contributed by atoms with Crippen LogP contribution in [0.25, 0.3) is 0 Å². The van der Waals surface area contributed by atoms with Crippen LogP contribution in [0.5, 0.6) is 0 Å². The van der Waals surface area contributed by atoms with E-state index >= 15 is 0 Å². The molecule has 0 atom stereocenters. The molecule has 0 fully saturated rings. The highest BCUT2D eigenvalue weighted by atomic mass is 32.2. The van der Waals surface area contributed by atoms with Crippen LogP contribution in [-0.2, 0) is 15.1 Å². The first kappa shape index (κ1) is 11.4. The first-order valence-electron chi connectivity index (χ1n) is 3.35.